The second-order valence-corrected chi connectivity index (χ2v) is 4.68. The van der Waals surface area contributed by atoms with Gasteiger partial charge in [-0.1, -0.05) is 6.42 Å². The molecule has 0 N–H and O–H groups in total. The van der Waals surface area contributed by atoms with Gasteiger partial charge in [-0.3, -0.25) is 0 Å². The van der Waals surface area contributed by atoms with Crippen molar-refractivity contribution in [1.82, 2.24) is 0 Å². The summed E-state index contributed by atoms with van der Waals surface area (Å²) in [6, 6.07) is 0. The standard InChI is InChI=1S/C10H17ClO/c1-12-9-3-2-4-10(6-9)5-8(10)7-11/h8-9H,2-7H2,1H3. The number of hydrogen-bond donors (Lipinski definition) is 0. The molecule has 0 aliphatic heterocycles. The number of rotatable bonds is 2. The lowest BCUT2D eigenvalue weighted by molar-refractivity contribution is 0.0412. The first-order chi connectivity index (χ1) is 5.80. The van der Waals surface area contributed by atoms with Gasteiger partial charge in [0.1, 0.15) is 0 Å². The molecule has 3 unspecified atom stereocenters. The van der Waals surface area contributed by atoms with Gasteiger partial charge in [0.15, 0.2) is 0 Å². The van der Waals surface area contributed by atoms with Crippen LogP contribution in [0.2, 0.25) is 0 Å². The van der Waals surface area contributed by atoms with E-state index in [0.29, 0.717) is 11.5 Å². The number of alkyl halides is 1. The molecule has 0 amide bonds. The zero-order chi connectivity index (χ0) is 8.60. The molecule has 2 fully saturated rings. The molecule has 2 aliphatic rings. The number of methoxy groups -OCH3 is 1. The highest BCUT2D eigenvalue weighted by Crippen LogP contribution is 2.61. The van der Waals surface area contributed by atoms with Crippen LogP contribution in [0, 0.1) is 11.3 Å². The topological polar surface area (TPSA) is 9.23 Å². The predicted octanol–water partition coefficient (Wildman–Crippen LogP) is 2.82. The molecule has 1 nitrogen and oxygen atoms in total. The van der Waals surface area contributed by atoms with Crippen molar-refractivity contribution in [2.45, 2.75) is 38.2 Å². The maximum atomic E-state index is 5.87. The second-order valence-electron chi connectivity index (χ2n) is 4.37. The van der Waals surface area contributed by atoms with Crippen molar-refractivity contribution in [2.75, 3.05) is 13.0 Å². The van der Waals surface area contributed by atoms with Crippen LogP contribution in [0.25, 0.3) is 0 Å². The van der Waals surface area contributed by atoms with Gasteiger partial charge in [0.05, 0.1) is 6.10 Å². The van der Waals surface area contributed by atoms with E-state index in [-0.39, 0.29) is 0 Å². The van der Waals surface area contributed by atoms with Gasteiger partial charge in [0.2, 0.25) is 0 Å². The average molecular weight is 189 g/mol. The normalized spacial score (nSPS) is 46.5. The molecule has 0 radical (unpaired) electrons. The van der Waals surface area contributed by atoms with Crippen LogP contribution in [-0.4, -0.2) is 19.1 Å². The molecule has 0 bridgehead atoms. The van der Waals surface area contributed by atoms with Gasteiger partial charge in [-0.15, -0.1) is 11.6 Å². The summed E-state index contributed by atoms with van der Waals surface area (Å²) in [6.45, 7) is 0. The molecule has 2 rings (SSSR count). The second kappa shape index (κ2) is 3.19. The zero-order valence-corrected chi connectivity index (χ0v) is 8.44. The molecule has 0 aromatic heterocycles. The van der Waals surface area contributed by atoms with Crippen LogP contribution in [0.3, 0.4) is 0 Å². The van der Waals surface area contributed by atoms with Crippen LogP contribution in [0.1, 0.15) is 32.1 Å². The molecule has 3 atom stereocenters. The van der Waals surface area contributed by atoms with E-state index in [9.17, 15) is 0 Å². The first-order valence-electron chi connectivity index (χ1n) is 4.89. The molecule has 70 valence electrons. The summed E-state index contributed by atoms with van der Waals surface area (Å²) in [6.07, 6.45) is 7.13. The Morgan fingerprint density at radius 1 is 1.50 bits per heavy atom. The molecule has 2 aliphatic carbocycles. The summed E-state index contributed by atoms with van der Waals surface area (Å²) in [7, 11) is 1.84. The van der Waals surface area contributed by atoms with Gasteiger partial charge < -0.3 is 4.74 Å². The third-order valence-electron chi connectivity index (χ3n) is 3.71. The van der Waals surface area contributed by atoms with Crippen molar-refractivity contribution >= 4 is 11.6 Å². The van der Waals surface area contributed by atoms with Gasteiger partial charge in [-0.2, -0.15) is 0 Å². The molecule has 2 heteroatoms. The van der Waals surface area contributed by atoms with E-state index in [2.05, 4.69) is 0 Å². The Kier molecular flexibility index (Phi) is 2.35. The first kappa shape index (κ1) is 8.83. The van der Waals surface area contributed by atoms with E-state index in [1.165, 1.54) is 32.1 Å². The molecular weight excluding hydrogens is 172 g/mol. The fourth-order valence-electron chi connectivity index (χ4n) is 2.75. The Morgan fingerprint density at radius 2 is 2.33 bits per heavy atom. The van der Waals surface area contributed by atoms with Crippen LogP contribution in [0.4, 0.5) is 0 Å². The predicted molar refractivity (Wildman–Crippen MR) is 50.5 cm³/mol. The fraction of sp³-hybridized carbons (Fsp3) is 1.00. The first-order valence-corrected chi connectivity index (χ1v) is 5.43. The van der Waals surface area contributed by atoms with Crippen molar-refractivity contribution in [3.63, 3.8) is 0 Å². The van der Waals surface area contributed by atoms with Gasteiger partial charge in [0.25, 0.3) is 0 Å². The number of hydrogen-bond acceptors (Lipinski definition) is 1. The van der Waals surface area contributed by atoms with E-state index in [1.807, 2.05) is 7.11 Å². The molecule has 0 aromatic rings. The lowest BCUT2D eigenvalue weighted by atomic mass is 9.83. The Bertz CT molecular complexity index is 171. The molecule has 2 saturated carbocycles. The van der Waals surface area contributed by atoms with Crippen LogP contribution in [-0.2, 0) is 4.74 Å². The largest absolute Gasteiger partial charge is 0.381 e. The van der Waals surface area contributed by atoms with Crippen LogP contribution >= 0.6 is 11.6 Å². The van der Waals surface area contributed by atoms with E-state index in [1.54, 1.807) is 0 Å². The summed E-state index contributed by atoms with van der Waals surface area (Å²) in [5, 5.41) is 0. The van der Waals surface area contributed by atoms with Gasteiger partial charge >= 0.3 is 0 Å². The lowest BCUT2D eigenvalue weighted by Gasteiger charge is -2.29. The van der Waals surface area contributed by atoms with Gasteiger partial charge in [-0.05, 0) is 37.0 Å². The Labute approximate surface area is 79.4 Å². The Balaban J connectivity index is 1.92. The maximum absolute atomic E-state index is 5.87. The minimum absolute atomic E-state index is 0.520. The minimum Gasteiger partial charge on any atom is -0.381 e. The minimum atomic E-state index is 0.520. The molecule has 1 spiro atoms. The van der Waals surface area contributed by atoms with Gasteiger partial charge in [0, 0.05) is 13.0 Å². The third-order valence-corrected chi connectivity index (χ3v) is 4.09. The Hall–Kier alpha value is 0.250. The molecule has 0 aromatic carbocycles. The van der Waals surface area contributed by atoms with E-state index in [0.717, 1.165) is 11.8 Å². The SMILES string of the molecule is COC1CCCC2(C1)CC2CCl. The van der Waals surface area contributed by atoms with E-state index in [4.69, 9.17) is 16.3 Å². The summed E-state index contributed by atoms with van der Waals surface area (Å²) in [5.74, 6) is 1.66. The van der Waals surface area contributed by atoms with Crippen molar-refractivity contribution in [3.05, 3.63) is 0 Å². The molecular formula is C10H17ClO. The highest BCUT2D eigenvalue weighted by atomic mass is 35.5. The monoisotopic (exact) mass is 188 g/mol. The molecule has 0 heterocycles. The Morgan fingerprint density at radius 3 is 2.92 bits per heavy atom. The zero-order valence-electron chi connectivity index (χ0n) is 7.68. The summed E-state index contributed by atoms with van der Waals surface area (Å²) < 4.78 is 5.42. The van der Waals surface area contributed by atoms with E-state index >= 15 is 0 Å². The van der Waals surface area contributed by atoms with Crippen LogP contribution in [0.5, 0.6) is 0 Å². The van der Waals surface area contributed by atoms with Gasteiger partial charge in [-0.25, -0.2) is 0 Å². The molecule has 12 heavy (non-hydrogen) atoms. The van der Waals surface area contributed by atoms with Crippen molar-refractivity contribution in [1.29, 1.82) is 0 Å². The highest BCUT2D eigenvalue weighted by molar-refractivity contribution is 6.18. The number of ether oxygens (including phenoxy) is 1. The summed E-state index contributed by atoms with van der Waals surface area (Å²) in [5.41, 5.74) is 0.612. The summed E-state index contributed by atoms with van der Waals surface area (Å²) >= 11 is 5.87. The lowest BCUT2D eigenvalue weighted by Crippen LogP contribution is -2.24. The van der Waals surface area contributed by atoms with Crippen LogP contribution < -0.4 is 0 Å². The van der Waals surface area contributed by atoms with Crippen molar-refractivity contribution in [2.24, 2.45) is 11.3 Å². The van der Waals surface area contributed by atoms with Crippen LogP contribution in [0.15, 0.2) is 0 Å². The third kappa shape index (κ3) is 1.38. The maximum Gasteiger partial charge on any atom is 0.0576 e. The van der Waals surface area contributed by atoms with E-state index < -0.39 is 0 Å². The fourth-order valence-corrected chi connectivity index (χ4v) is 3.18. The van der Waals surface area contributed by atoms with Crippen molar-refractivity contribution in [3.8, 4) is 0 Å². The average Bonchev–Trinajstić information content (AvgIpc) is 2.78. The smallest absolute Gasteiger partial charge is 0.0576 e. The number of halogens is 1. The summed E-state index contributed by atoms with van der Waals surface area (Å²) in [4.78, 5) is 0. The van der Waals surface area contributed by atoms with Crippen molar-refractivity contribution < 1.29 is 4.74 Å². The molecule has 0 saturated heterocycles. The highest BCUT2D eigenvalue weighted by Gasteiger charge is 2.54. The quantitative estimate of drug-likeness (QED) is 0.606.